The average Bonchev–Trinajstić information content (AvgIpc) is 2.48. The summed E-state index contributed by atoms with van der Waals surface area (Å²) < 4.78 is 5.35. The number of rotatable bonds is 0. The Morgan fingerprint density at radius 2 is 2.58 bits per heavy atom. The Morgan fingerprint density at radius 3 is 3.25 bits per heavy atom. The van der Waals surface area contributed by atoms with Gasteiger partial charge in [-0.1, -0.05) is 0 Å². The number of carbonyl (C=O) groups excluding carboxylic acids is 1. The van der Waals surface area contributed by atoms with Gasteiger partial charge < -0.3 is 10.1 Å². The smallest absolute Gasteiger partial charge is 0.230 e. The lowest BCUT2D eigenvalue weighted by molar-refractivity contribution is -0.130. The number of hydrogen-bond acceptors (Lipinski definition) is 2. The van der Waals surface area contributed by atoms with Crippen LogP contribution in [-0.2, 0) is 9.53 Å². The predicted molar refractivity (Wildman–Crippen MR) is 42.2 cm³/mol. The molecule has 1 N–H and O–H groups in total. The molecule has 3 unspecified atom stereocenters. The van der Waals surface area contributed by atoms with Crippen LogP contribution in [0.15, 0.2) is 12.3 Å². The first-order valence-electron chi connectivity index (χ1n) is 4.46. The van der Waals surface area contributed by atoms with E-state index in [1.54, 1.807) is 6.26 Å². The lowest BCUT2D eigenvalue weighted by Crippen LogP contribution is -2.40. The second-order valence-electron chi connectivity index (χ2n) is 3.81. The summed E-state index contributed by atoms with van der Waals surface area (Å²) in [6, 6.07) is 0. The van der Waals surface area contributed by atoms with E-state index in [4.69, 9.17) is 4.74 Å². The van der Waals surface area contributed by atoms with Crippen molar-refractivity contribution in [3.8, 4) is 0 Å². The lowest BCUT2D eigenvalue weighted by atomic mass is 9.92. The second kappa shape index (κ2) is 1.84. The monoisotopic (exact) mass is 165 g/mol. The molecule has 0 aromatic heterocycles. The van der Waals surface area contributed by atoms with Gasteiger partial charge in [0.25, 0.3) is 0 Å². The summed E-state index contributed by atoms with van der Waals surface area (Å²) in [4.78, 5) is 11.6. The number of piperidine rings is 1. The molecule has 1 saturated carbocycles. The van der Waals surface area contributed by atoms with Crippen LogP contribution in [0.5, 0.6) is 0 Å². The van der Waals surface area contributed by atoms with Gasteiger partial charge in [-0.05, 0) is 18.9 Å². The number of carbonyl (C=O) groups is 1. The van der Waals surface area contributed by atoms with Crippen molar-refractivity contribution in [2.24, 2.45) is 11.3 Å². The SMILES string of the molecule is O=C1NCCCC12C1C=COC12. The van der Waals surface area contributed by atoms with Crippen LogP contribution in [0.3, 0.4) is 0 Å². The molecule has 64 valence electrons. The Balaban J connectivity index is 1.92. The highest BCUT2D eigenvalue weighted by molar-refractivity contribution is 5.88. The van der Waals surface area contributed by atoms with E-state index in [0.29, 0.717) is 5.92 Å². The zero-order chi connectivity index (χ0) is 8.18. The molecular formula is C9H11NO2. The van der Waals surface area contributed by atoms with Crippen molar-refractivity contribution in [1.29, 1.82) is 0 Å². The van der Waals surface area contributed by atoms with Gasteiger partial charge in [0.15, 0.2) is 0 Å². The van der Waals surface area contributed by atoms with Crippen LogP contribution >= 0.6 is 0 Å². The van der Waals surface area contributed by atoms with Gasteiger partial charge in [0.1, 0.15) is 6.10 Å². The fraction of sp³-hybridized carbons (Fsp3) is 0.667. The third-order valence-corrected chi connectivity index (χ3v) is 3.31. The van der Waals surface area contributed by atoms with Gasteiger partial charge in [-0.2, -0.15) is 0 Å². The van der Waals surface area contributed by atoms with Crippen LogP contribution in [0.2, 0.25) is 0 Å². The summed E-state index contributed by atoms with van der Waals surface area (Å²) in [6.45, 7) is 0.837. The zero-order valence-electron chi connectivity index (χ0n) is 6.75. The molecule has 3 heteroatoms. The van der Waals surface area contributed by atoms with Gasteiger partial charge in [0.2, 0.25) is 5.91 Å². The van der Waals surface area contributed by atoms with Crippen molar-refractivity contribution in [3.63, 3.8) is 0 Å². The van der Waals surface area contributed by atoms with Crippen LogP contribution in [-0.4, -0.2) is 18.6 Å². The summed E-state index contributed by atoms with van der Waals surface area (Å²) >= 11 is 0. The van der Waals surface area contributed by atoms with Crippen molar-refractivity contribution in [3.05, 3.63) is 12.3 Å². The number of hydrogen-bond donors (Lipinski definition) is 1. The molecule has 1 spiro atoms. The summed E-state index contributed by atoms with van der Waals surface area (Å²) in [6.07, 6.45) is 6.00. The van der Waals surface area contributed by atoms with Crippen LogP contribution in [0, 0.1) is 11.3 Å². The molecule has 0 aromatic rings. The first kappa shape index (κ1) is 6.52. The fourth-order valence-corrected chi connectivity index (χ4v) is 2.58. The molecule has 1 aliphatic carbocycles. The Morgan fingerprint density at radius 1 is 1.67 bits per heavy atom. The van der Waals surface area contributed by atoms with Crippen molar-refractivity contribution in [2.45, 2.75) is 18.9 Å². The highest BCUT2D eigenvalue weighted by Gasteiger charge is 2.72. The van der Waals surface area contributed by atoms with E-state index in [1.807, 2.05) is 6.08 Å². The molecule has 3 atom stereocenters. The molecular weight excluding hydrogens is 154 g/mol. The molecule has 0 bridgehead atoms. The van der Waals surface area contributed by atoms with Gasteiger partial charge in [0, 0.05) is 12.5 Å². The summed E-state index contributed by atoms with van der Waals surface area (Å²) in [5.41, 5.74) is -0.160. The minimum absolute atomic E-state index is 0.160. The zero-order valence-corrected chi connectivity index (χ0v) is 6.75. The van der Waals surface area contributed by atoms with Crippen LogP contribution < -0.4 is 5.32 Å². The van der Waals surface area contributed by atoms with Crippen molar-refractivity contribution in [1.82, 2.24) is 5.32 Å². The van der Waals surface area contributed by atoms with Crippen molar-refractivity contribution < 1.29 is 9.53 Å². The molecule has 2 fully saturated rings. The van der Waals surface area contributed by atoms with E-state index in [9.17, 15) is 4.79 Å². The van der Waals surface area contributed by atoms with E-state index in [-0.39, 0.29) is 17.4 Å². The molecule has 1 saturated heterocycles. The van der Waals surface area contributed by atoms with E-state index >= 15 is 0 Å². The highest BCUT2D eigenvalue weighted by Crippen LogP contribution is 2.62. The predicted octanol–water partition coefficient (Wildman–Crippen LogP) is 0.425. The summed E-state index contributed by atoms with van der Waals surface area (Å²) in [5.74, 6) is 0.575. The van der Waals surface area contributed by atoms with E-state index in [1.165, 1.54) is 0 Å². The first-order chi connectivity index (χ1) is 5.86. The molecule has 2 aliphatic heterocycles. The van der Waals surface area contributed by atoms with E-state index in [0.717, 1.165) is 19.4 Å². The molecule has 0 radical (unpaired) electrons. The van der Waals surface area contributed by atoms with Crippen LogP contribution in [0.4, 0.5) is 0 Å². The van der Waals surface area contributed by atoms with Gasteiger partial charge in [-0.25, -0.2) is 0 Å². The van der Waals surface area contributed by atoms with E-state index < -0.39 is 0 Å². The maximum absolute atomic E-state index is 11.6. The Kier molecular flexibility index (Phi) is 1.000. The lowest BCUT2D eigenvalue weighted by Gasteiger charge is -2.23. The van der Waals surface area contributed by atoms with Gasteiger partial charge in [-0.15, -0.1) is 0 Å². The minimum atomic E-state index is -0.160. The molecule has 2 heterocycles. The Bertz CT molecular complexity index is 274. The normalized spacial score (nSPS) is 48.5. The summed E-state index contributed by atoms with van der Waals surface area (Å²) in [5, 5.41) is 2.91. The standard InChI is InChI=1S/C9H11NO2/c11-8-9(3-1-4-10-8)6-2-5-12-7(6)9/h2,5-7H,1,3-4H2,(H,10,11). The molecule has 3 nitrogen and oxygen atoms in total. The fourth-order valence-electron chi connectivity index (χ4n) is 2.58. The van der Waals surface area contributed by atoms with Gasteiger partial charge >= 0.3 is 0 Å². The Hall–Kier alpha value is -0.990. The minimum Gasteiger partial charge on any atom is -0.497 e. The number of fused-ring (bicyclic) bond motifs is 3. The number of ether oxygens (including phenoxy) is 1. The molecule has 12 heavy (non-hydrogen) atoms. The van der Waals surface area contributed by atoms with Crippen molar-refractivity contribution in [2.75, 3.05) is 6.54 Å². The van der Waals surface area contributed by atoms with Gasteiger partial charge in [0.05, 0.1) is 11.7 Å². The maximum Gasteiger partial charge on any atom is 0.230 e. The maximum atomic E-state index is 11.6. The van der Waals surface area contributed by atoms with Gasteiger partial charge in [-0.3, -0.25) is 4.79 Å². The number of nitrogens with one attached hydrogen (secondary N) is 1. The topological polar surface area (TPSA) is 38.3 Å². The Labute approximate surface area is 70.8 Å². The van der Waals surface area contributed by atoms with Crippen LogP contribution in [0.25, 0.3) is 0 Å². The quantitative estimate of drug-likeness (QED) is 0.565. The van der Waals surface area contributed by atoms with E-state index in [2.05, 4.69) is 5.32 Å². The molecule has 1 amide bonds. The summed E-state index contributed by atoms with van der Waals surface area (Å²) in [7, 11) is 0. The number of amides is 1. The largest absolute Gasteiger partial charge is 0.497 e. The van der Waals surface area contributed by atoms with Crippen LogP contribution in [0.1, 0.15) is 12.8 Å². The third kappa shape index (κ3) is 0.531. The molecule has 3 aliphatic rings. The highest BCUT2D eigenvalue weighted by atomic mass is 16.5. The first-order valence-corrected chi connectivity index (χ1v) is 4.46. The average molecular weight is 165 g/mol. The molecule has 3 rings (SSSR count). The van der Waals surface area contributed by atoms with Crippen molar-refractivity contribution >= 4 is 5.91 Å². The molecule has 0 aromatic carbocycles. The third-order valence-electron chi connectivity index (χ3n) is 3.31. The second-order valence-corrected chi connectivity index (χ2v) is 3.81.